The summed E-state index contributed by atoms with van der Waals surface area (Å²) in [5.41, 5.74) is 7.70. The maximum Gasteiger partial charge on any atom is 0.250 e. The van der Waals surface area contributed by atoms with Gasteiger partial charge in [-0.25, -0.2) is 0 Å². The van der Waals surface area contributed by atoms with Crippen molar-refractivity contribution in [3.8, 4) is 22.6 Å². The van der Waals surface area contributed by atoms with E-state index in [4.69, 9.17) is 9.47 Å². The van der Waals surface area contributed by atoms with E-state index in [0.29, 0.717) is 19.0 Å². The van der Waals surface area contributed by atoms with Gasteiger partial charge in [0.1, 0.15) is 11.5 Å². The van der Waals surface area contributed by atoms with Crippen LogP contribution in [0.1, 0.15) is 49.3 Å². The van der Waals surface area contributed by atoms with Crippen molar-refractivity contribution in [1.29, 1.82) is 0 Å². The Kier molecular flexibility index (Phi) is 7.85. The molecule has 0 radical (unpaired) electrons. The summed E-state index contributed by atoms with van der Waals surface area (Å²) in [6.45, 7) is 2.62. The number of nitrogens with zero attached hydrogens (tertiary/aromatic N) is 1. The Morgan fingerprint density at radius 1 is 0.921 bits per heavy atom. The SMILES string of the molecule is CN[C@H]1CC[C@@H](N(Cc2cc(-c3ccc(OC)cc3)ccc2OC)C(=O)C2=C(C)c3ccccc3C2)CC1. The Bertz CT molecular complexity index is 1320. The molecule has 0 spiro atoms. The summed E-state index contributed by atoms with van der Waals surface area (Å²) in [6, 6.07) is 23.5. The normalized spacial score (nSPS) is 18.7. The number of hydrogen-bond donors (Lipinski definition) is 1. The van der Waals surface area contributed by atoms with Gasteiger partial charge in [0.15, 0.2) is 0 Å². The summed E-state index contributed by atoms with van der Waals surface area (Å²) in [5, 5.41) is 3.43. The molecule has 1 N–H and O–H groups in total. The van der Waals surface area contributed by atoms with E-state index in [1.807, 2.05) is 25.2 Å². The molecule has 2 aliphatic rings. The number of allylic oxidation sites excluding steroid dienone is 1. The minimum absolute atomic E-state index is 0.156. The summed E-state index contributed by atoms with van der Waals surface area (Å²) in [7, 11) is 5.42. The summed E-state index contributed by atoms with van der Waals surface area (Å²) in [6.07, 6.45) is 4.85. The fourth-order valence-electron chi connectivity index (χ4n) is 6.03. The highest BCUT2D eigenvalue weighted by Crippen LogP contribution is 2.36. The van der Waals surface area contributed by atoms with Crippen molar-refractivity contribution in [2.24, 2.45) is 0 Å². The van der Waals surface area contributed by atoms with Crippen molar-refractivity contribution in [3.05, 3.63) is 89.0 Å². The quantitative estimate of drug-likeness (QED) is 0.389. The molecule has 5 rings (SSSR count). The van der Waals surface area contributed by atoms with E-state index < -0.39 is 0 Å². The molecule has 0 unspecified atom stereocenters. The monoisotopic (exact) mass is 510 g/mol. The predicted molar refractivity (Wildman–Crippen MR) is 153 cm³/mol. The first-order valence-electron chi connectivity index (χ1n) is 13.6. The van der Waals surface area contributed by atoms with Crippen molar-refractivity contribution >= 4 is 11.5 Å². The molecule has 0 aliphatic heterocycles. The van der Waals surface area contributed by atoms with Crippen LogP contribution < -0.4 is 14.8 Å². The summed E-state index contributed by atoms with van der Waals surface area (Å²) in [5.74, 6) is 1.80. The Morgan fingerprint density at radius 2 is 1.63 bits per heavy atom. The van der Waals surface area contributed by atoms with E-state index in [1.54, 1.807) is 14.2 Å². The van der Waals surface area contributed by atoms with Gasteiger partial charge in [-0.2, -0.15) is 0 Å². The summed E-state index contributed by atoms with van der Waals surface area (Å²) >= 11 is 0. The van der Waals surface area contributed by atoms with E-state index in [0.717, 1.165) is 65.0 Å². The van der Waals surface area contributed by atoms with Crippen molar-refractivity contribution in [2.45, 2.75) is 57.7 Å². The number of benzene rings is 3. The first-order chi connectivity index (χ1) is 18.5. The summed E-state index contributed by atoms with van der Waals surface area (Å²) in [4.78, 5) is 16.4. The van der Waals surface area contributed by atoms with E-state index in [2.05, 4.69) is 65.7 Å². The maximum absolute atomic E-state index is 14.3. The molecule has 198 valence electrons. The zero-order valence-corrected chi connectivity index (χ0v) is 22.9. The second kappa shape index (κ2) is 11.4. The molecule has 1 saturated carbocycles. The minimum Gasteiger partial charge on any atom is -0.497 e. The van der Waals surface area contributed by atoms with E-state index in [1.165, 1.54) is 11.1 Å². The van der Waals surface area contributed by atoms with Crippen LogP contribution in [0.25, 0.3) is 16.7 Å². The summed E-state index contributed by atoms with van der Waals surface area (Å²) < 4.78 is 11.1. The number of methoxy groups -OCH3 is 2. The van der Waals surface area contributed by atoms with Crippen LogP contribution in [0.5, 0.6) is 11.5 Å². The zero-order valence-electron chi connectivity index (χ0n) is 22.9. The number of fused-ring (bicyclic) bond motifs is 1. The second-order valence-corrected chi connectivity index (χ2v) is 10.4. The average molecular weight is 511 g/mol. The Balaban J connectivity index is 1.48. The third-order valence-electron chi connectivity index (χ3n) is 8.35. The molecule has 0 heterocycles. The van der Waals surface area contributed by atoms with Crippen LogP contribution in [0.4, 0.5) is 0 Å². The highest BCUT2D eigenvalue weighted by atomic mass is 16.5. The second-order valence-electron chi connectivity index (χ2n) is 10.4. The first kappa shape index (κ1) is 26.1. The lowest BCUT2D eigenvalue weighted by Crippen LogP contribution is -2.45. The molecule has 3 aromatic rings. The van der Waals surface area contributed by atoms with Crippen molar-refractivity contribution in [1.82, 2.24) is 10.2 Å². The van der Waals surface area contributed by atoms with Crippen LogP contribution in [0, 0.1) is 0 Å². The number of ether oxygens (including phenoxy) is 2. The van der Waals surface area contributed by atoms with Gasteiger partial charge in [-0.15, -0.1) is 0 Å². The Morgan fingerprint density at radius 3 is 2.29 bits per heavy atom. The molecular weight excluding hydrogens is 472 g/mol. The fraction of sp³-hybridized carbons (Fsp3) is 0.364. The van der Waals surface area contributed by atoms with Gasteiger partial charge in [-0.3, -0.25) is 4.79 Å². The van der Waals surface area contributed by atoms with Crippen LogP contribution in [0.2, 0.25) is 0 Å². The molecule has 3 aromatic carbocycles. The highest BCUT2D eigenvalue weighted by Gasteiger charge is 2.33. The Labute approximate surface area is 226 Å². The standard InChI is InChI=1S/C33H38N2O3/c1-22-30-8-6-5-7-25(30)20-31(22)33(36)35(28-14-12-27(34-2)13-15-28)21-26-19-24(11-18-32(26)38-4)23-9-16-29(37-3)17-10-23/h5-11,16-19,27-28,34H,12-15,20-21H2,1-4H3/t27-,28+. The maximum atomic E-state index is 14.3. The van der Waals surface area contributed by atoms with E-state index in [-0.39, 0.29) is 11.9 Å². The molecule has 0 atom stereocenters. The van der Waals surface area contributed by atoms with Gasteiger partial charge < -0.3 is 19.7 Å². The van der Waals surface area contributed by atoms with Crippen LogP contribution in [0.15, 0.2) is 72.3 Å². The number of amides is 1. The molecule has 2 aliphatic carbocycles. The number of carbonyl (C=O) groups is 1. The lowest BCUT2D eigenvalue weighted by Gasteiger charge is -2.37. The van der Waals surface area contributed by atoms with Crippen LogP contribution in [0.3, 0.4) is 0 Å². The van der Waals surface area contributed by atoms with Crippen LogP contribution in [-0.2, 0) is 17.8 Å². The predicted octanol–water partition coefficient (Wildman–Crippen LogP) is 6.26. The van der Waals surface area contributed by atoms with Gasteiger partial charge in [0, 0.05) is 36.2 Å². The minimum atomic E-state index is 0.156. The highest BCUT2D eigenvalue weighted by molar-refractivity contribution is 6.03. The van der Waals surface area contributed by atoms with Gasteiger partial charge in [0.2, 0.25) is 0 Å². The van der Waals surface area contributed by atoms with Gasteiger partial charge in [0.05, 0.1) is 14.2 Å². The van der Waals surface area contributed by atoms with Gasteiger partial charge in [-0.05, 0) is 91.7 Å². The molecular formula is C33H38N2O3. The van der Waals surface area contributed by atoms with Gasteiger partial charge in [-0.1, -0.05) is 42.5 Å². The lowest BCUT2D eigenvalue weighted by molar-refractivity contribution is -0.130. The molecule has 38 heavy (non-hydrogen) atoms. The fourth-order valence-corrected chi connectivity index (χ4v) is 6.03. The van der Waals surface area contributed by atoms with Crippen molar-refractivity contribution in [2.75, 3.05) is 21.3 Å². The topological polar surface area (TPSA) is 50.8 Å². The molecule has 5 nitrogen and oxygen atoms in total. The van der Waals surface area contributed by atoms with E-state index >= 15 is 0 Å². The number of rotatable bonds is 8. The smallest absolute Gasteiger partial charge is 0.250 e. The number of nitrogens with one attached hydrogen (secondary N) is 1. The van der Waals surface area contributed by atoms with Gasteiger partial charge in [0.25, 0.3) is 5.91 Å². The third kappa shape index (κ3) is 5.21. The molecule has 1 amide bonds. The largest absolute Gasteiger partial charge is 0.497 e. The Hall–Kier alpha value is -3.57. The third-order valence-corrected chi connectivity index (χ3v) is 8.35. The van der Waals surface area contributed by atoms with Crippen LogP contribution in [-0.4, -0.2) is 44.2 Å². The van der Waals surface area contributed by atoms with Crippen molar-refractivity contribution < 1.29 is 14.3 Å². The number of hydrogen-bond acceptors (Lipinski definition) is 4. The number of carbonyl (C=O) groups excluding carboxylic acids is 1. The molecule has 1 fully saturated rings. The first-order valence-corrected chi connectivity index (χ1v) is 13.6. The van der Waals surface area contributed by atoms with Gasteiger partial charge >= 0.3 is 0 Å². The van der Waals surface area contributed by atoms with Crippen molar-refractivity contribution in [3.63, 3.8) is 0 Å². The van der Waals surface area contributed by atoms with E-state index in [9.17, 15) is 4.79 Å². The molecule has 5 heteroatoms. The lowest BCUT2D eigenvalue weighted by atomic mass is 9.89. The molecule has 0 bridgehead atoms. The average Bonchev–Trinajstić information content (AvgIpc) is 3.32. The molecule has 0 saturated heterocycles. The zero-order chi connectivity index (χ0) is 26.6. The molecule has 0 aromatic heterocycles. The van der Waals surface area contributed by atoms with Crippen LogP contribution >= 0.6 is 0 Å².